The summed E-state index contributed by atoms with van der Waals surface area (Å²) >= 11 is 0. The fourth-order valence-corrected chi connectivity index (χ4v) is 2.03. The minimum absolute atomic E-state index is 0.619. The van der Waals surface area contributed by atoms with Gasteiger partial charge < -0.3 is 10.6 Å². The van der Waals surface area contributed by atoms with Gasteiger partial charge in [-0.2, -0.15) is 0 Å². The van der Waals surface area contributed by atoms with E-state index in [-0.39, 0.29) is 0 Å². The van der Waals surface area contributed by atoms with Crippen molar-refractivity contribution >= 4 is 23.3 Å². The van der Waals surface area contributed by atoms with Crippen molar-refractivity contribution in [2.75, 3.05) is 10.6 Å². The lowest BCUT2D eigenvalue weighted by molar-refractivity contribution is 1.17. The van der Waals surface area contributed by atoms with E-state index in [2.05, 4.69) is 30.6 Å². The summed E-state index contributed by atoms with van der Waals surface area (Å²) in [5.41, 5.74) is 1.99. The Bertz CT molecular complexity index is 719. The van der Waals surface area contributed by atoms with E-state index in [0.29, 0.717) is 11.9 Å². The van der Waals surface area contributed by atoms with E-state index in [4.69, 9.17) is 0 Å². The molecule has 0 saturated carbocycles. The molecule has 0 radical (unpaired) electrons. The molecule has 2 heterocycles. The van der Waals surface area contributed by atoms with Crippen molar-refractivity contribution < 1.29 is 0 Å². The van der Waals surface area contributed by atoms with Gasteiger partial charge >= 0.3 is 0 Å². The Kier molecular flexibility index (Phi) is 6.22. The quantitative estimate of drug-likeness (QED) is 0.571. The van der Waals surface area contributed by atoms with E-state index >= 15 is 0 Å². The van der Waals surface area contributed by atoms with Gasteiger partial charge in [-0.25, -0.2) is 19.9 Å². The molecule has 128 valence electrons. The molecule has 0 aliphatic heterocycles. The van der Waals surface area contributed by atoms with Gasteiger partial charge in [0.2, 0.25) is 11.9 Å². The molecule has 0 saturated heterocycles. The van der Waals surface area contributed by atoms with Crippen molar-refractivity contribution in [1.82, 2.24) is 19.9 Å². The monoisotopic (exact) mass is 342 g/mol. The molecule has 0 amide bonds. The van der Waals surface area contributed by atoms with E-state index < -0.39 is 0 Å². The third kappa shape index (κ3) is 5.68. The summed E-state index contributed by atoms with van der Waals surface area (Å²) in [5, 5.41) is 6.16. The number of nitrogens with zero attached hydrogens (tertiary/aromatic N) is 4. The molecule has 26 heavy (non-hydrogen) atoms. The van der Waals surface area contributed by atoms with Crippen LogP contribution in [0.3, 0.4) is 0 Å². The van der Waals surface area contributed by atoms with E-state index in [0.717, 1.165) is 11.4 Å². The van der Waals surface area contributed by atoms with Crippen LogP contribution in [-0.2, 0) is 0 Å². The second-order valence-corrected chi connectivity index (χ2v) is 5.13. The smallest absolute Gasteiger partial charge is 0.227 e. The Morgan fingerprint density at radius 1 is 0.423 bits per heavy atom. The summed E-state index contributed by atoms with van der Waals surface area (Å²) in [6.45, 7) is 0. The maximum atomic E-state index is 4.05. The van der Waals surface area contributed by atoms with Crippen LogP contribution in [0.1, 0.15) is 0 Å². The Balaban J connectivity index is 0.000000151. The first kappa shape index (κ1) is 17.0. The number of aromatic nitrogens is 4. The molecule has 0 unspecified atom stereocenters. The highest BCUT2D eigenvalue weighted by Crippen LogP contribution is 2.10. The Hall–Kier alpha value is -3.80. The number of hydrogen-bond donors (Lipinski definition) is 2. The summed E-state index contributed by atoms with van der Waals surface area (Å²) in [4.78, 5) is 16.2. The molecule has 6 nitrogen and oxygen atoms in total. The average molecular weight is 342 g/mol. The molecule has 0 spiro atoms. The molecule has 0 fully saturated rings. The minimum Gasteiger partial charge on any atom is -0.324 e. The van der Waals surface area contributed by atoms with Gasteiger partial charge in [0.25, 0.3) is 0 Å². The third-order valence-corrected chi connectivity index (χ3v) is 3.19. The lowest BCUT2D eigenvalue weighted by Crippen LogP contribution is -1.94. The number of anilines is 4. The first-order chi connectivity index (χ1) is 12.9. The van der Waals surface area contributed by atoms with Crippen LogP contribution in [0.4, 0.5) is 23.3 Å². The number of benzene rings is 2. The lowest BCUT2D eigenvalue weighted by Gasteiger charge is -2.02. The molecular weight excluding hydrogens is 324 g/mol. The van der Waals surface area contributed by atoms with E-state index in [1.807, 2.05) is 60.7 Å². The fraction of sp³-hybridized carbons (Fsp3) is 0. The summed E-state index contributed by atoms with van der Waals surface area (Å²) in [5.74, 6) is 1.24. The van der Waals surface area contributed by atoms with Gasteiger partial charge in [0.1, 0.15) is 0 Å². The van der Waals surface area contributed by atoms with Crippen LogP contribution < -0.4 is 10.6 Å². The maximum Gasteiger partial charge on any atom is 0.227 e. The van der Waals surface area contributed by atoms with Crippen LogP contribution in [0, 0.1) is 0 Å². The first-order valence-corrected chi connectivity index (χ1v) is 8.08. The van der Waals surface area contributed by atoms with Crippen molar-refractivity contribution in [2.45, 2.75) is 0 Å². The molecule has 2 aromatic heterocycles. The van der Waals surface area contributed by atoms with Crippen molar-refractivity contribution in [3.63, 3.8) is 0 Å². The highest BCUT2D eigenvalue weighted by Gasteiger charge is 1.93. The summed E-state index contributed by atoms with van der Waals surface area (Å²) in [6, 6.07) is 23.2. The summed E-state index contributed by atoms with van der Waals surface area (Å²) in [7, 11) is 0. The second-order valence-electron chi connectivity index (χ2n) is 5.13. The van der Waals surface area contributed by atoms with Crippen molar-refractivity contribution in [2.24, 2.45) is 0 Å². The van der Waals surface area contributed by atoms with Crippen molar-refractivity contribution in [3.05, 3.63) is 97.6 Å². The molecule has 2 N–H and O–H groups in total. The van der Waals surface area contributed by atoms with Crippen LogP contribution in [0.2, 0.25) is 0 Å². The third-order valence-electron chi connectivity index (χ3n) is 3.19. The number of rotatable bonds is 4. The van der Waals surface area contributed by atoms with Crippen LogP contribution in [0.25, 0.3) is 0 Å². The first-order valence-electron chi connectivity index (χ1n) is 8.08. The normalized spacial score (nSPS) is 9.54. The van der Waals surface area contributed by atoms with Crippen LogP contribution in [0.5, 0.6) is 0 Å². The van der Waals surface area contributed by atoms with Gasteiger partial charge in [0, 0.05) is 36.2 Å². The highest BCUT2D eigenvalue weighted by molar-refractivity contribution is 5.52. The van der Waals surface area contributed by atoms with Gasteiger partial charge in [-0.15, -0.1) is 0 Å². The van der Waals surface area contributed by atoms with Gasteiger partial charge in [-0.3, -0.25) is 0 Å². The summed E-state index contributed by atoms with van der Waals surface area (Å²) in [6.07, 6.45) is 6.83. The summed E-state index contributed by atoms with van der Waals surface area (Å²) < 4.78 is 0. The van der Waals surface area contributed by atoms with Crippen LogP contribution in [0.15, 0.2) is 97.6 Å². The van der Waals surface area contributed by atoms with Gasteiger partial charge in [0.05, 0.1) is 0 Å². The lowest BCUT2D eigenvalue weighted by atomic mass is 10.3. The second kappa shape index (κ2) is 9.48. The van der Waals surface area contributed by atoms with Gasteiger partial charge in [-0.1, -0.05) is 36.4 Å². The molecule has 0 bridgehead atoms. The van der Waals surface area contributed by atoms with E-state index in [1.54, 1.807) is 36.9 Å². The Morgan fingerprint density at radius 2 is 0.769 bits per heavy atom. The largest absolute Gasteiger partial charge is 0.324 e. The molecule has 4 rings (SSSR count). The molecule has 0 aliphatic carbocycles. The number of para-hydroxylation sites is 2. The zero-order valence-electron chi connectivity index (χ0n) is 14.0. The molecule has 0 atom stereocenters. The van der Waals surface area contributed by atoms with Crippen molar-refractivity contribution in [1.29, 1.82) is 0 Å². The molecule has 4 aromatic rings. The molecule has 6 heteroatoms. The predicted molar refractivity (Wildman–Crippen MR) is 104 cm³/mol. The zero-order chi connectivity index (χ0) is 17.9. The van der Waals surface area contributed by atoms with Crippen LogP contribution >= 0.6 is 0 Å². The Morgan fingerprint density at radius 3 is 1.12 bits per heavy atom. The zero-order valence-corrected chi connectivity index (χ0v) is 14.0. The van der Waals surface area contributed by atoms with Gasteiger partial charge in [-0.05, 0) is 36.4 Å². The fourth-order valence-electron chi connectivity index (χ4n) is 2.03. The standard InChI is InChI=1S/2C10H9N3/c2*1-2-5-9(6-3-1)13-10-11-7-4-8-12-10/h2*1-8H,(H,11,12,13). The Labute approximate surface area is 152 Å². The maximum absolute atomic E-state index is 4.05. The van der Waals surface area contributed by atoms with Crippen LogP contribution in [-0.4, -0.2) is 19.9 Å². The SMILES string of the molecule is c1ccc(Nc2ncccn2)cc1.c1ccc(Nc2ncccn2)cc1. The predicted octanol–water partition coefficient (Wildman–Crippen LogP) is 4.44. The molecular formula is C20H18N6. The molecule has 0 aliphatic rings. The average Bonchev–Trinajstić information content (AvgIpc) is 2.72. The molecule has 2 aromatic carbocycles. The topological polar surface area (TPSA) is 75.6 Å². The van der Waals surface area contributed by atoms with Gasteiger partial charge in [0.15, 0.2) is 0 Å². The number of nitrogens with one attached hydrogen (secondary N) is 2. The minimum atomic E-state index is 0.619. The van der Waals surface area contributed by atoms with Crippen molar-refractivity contribution in [3.8, 4) is 0 Å². The number of hydrogen-bond acceptors (Lipinski definition) is 6. The van der Waals surface area contributed by atoms with E-state index in [1.165, 1.54) is 0 Å². The van der Waals surface area contributed by atoms with E-state index in [9.17, 15) is 0 Å². The highest BCUT2D eigenvalue weighted by atomic mass is 15.1.